The first-order valence-electron chi connectivity index (χ1n) is 11.9. The quantitative estimate of drug-likeness (QED) is 0.587. The molecule has 0 saturated carbocycles. The molecule has 7 heteroatoms. The summed E-state index contributed by atoms with van der Waals surface area (Å²) in [6.07, 6.45) is 1.89. The van der Waals surface area contributed by atoms with E-state index in [1.54, 1.807) is 7.11 Å². The van der Waals surface area contributed by atoms with Gasteiger partial charge in [0.1, 0.15) is 12.4 Å². The summed E-state index contributed by atoms with van der Waals surface area (Å²) in [6, 6.07) is 16.3. The Morgan fingerprint density at radius 2 is 1.91 bits per heavy atom. The molecule has 1 aromatic heterocycles. The van der Waals surface area contributed by atoms with Crippen molar-refractivity contribution < 1.29 is 19.4 Å². The third-order valence-corrected chi connectivity index (χ3v) is 7.57. The molecule has 7 nitrogen and oxygen atoms in total. The monoisotopic (exact) mass is 463 g/mol. The lowest BCUT2D eigenvalue weighted by molar-refractivity contribution is -0.141. The van der Waals surface area contributed by atoms with Crippen LogP contribution in [0.2, 0.25) is 0 Å². The number of likely N-dealkylation sites (tertiary alicyclic amines) is 1. The summed E-state index contributed by atoms with van der Waals surface area (Å²) in [5.74, 6) is 0.695. The number of aliphatic hydroxyl groups is 1. The number of aliphatic hydroxyl groups excluding tert-OH is 1. The summed E-state index contributed by atoms with van der Waals surface area (Å²) in [5.41, 5.74) is 4.32. The van der Waals surface area contributed by atoms with Gasteiger partial charge in [0.25, 0.3) is 0 Å². The van der Waals surface area contributed by atoms with Gasteiger partial charge >= 0.3 is 0 Å². The van der Waals surface area contributed by atoms with Crippen LogP contribution in [0.1, 0.15) is 35.7 Å². The Balaban J connectivity index is 1.53. The second-order valence-corrected chi connectivity index (χ2v) is 9.52. The van der Waals surface area contributed by atoms with Crippen molar-refractivity contribution in [2.24, 2.45) is 0 Å². The third kappa shape index (κ3) is 3.98. The number of amides is 1. The molecule has 2 aliphatic heterocycles. The summed E-state index contributed by atoms with van der Waals surface area (Å²) in [4.78, 5) is 20.9. The van der Waals surface area contributed by atoms with E-state index in [1.165, 1.54) is 18.2 Å². The molecule has 2 N–H and O–H groups in total. The Hall–Kier alpha value is -2.87. The number of hydrogen-bond acceptors (Lipinski definition) is 5. The van der Waals surface area contributed by atoms with Crippen LogP contribution in [0.25, 0.3) is 10.9 Å². The van der Waals surface area contributed by atoms with Crippen LogP contribution in [-0.4, -0.2) is 72.9 Å². The Labute approximate surface area is 200 Å². The summed E-state index contributed by atoms with van der Waals surface area (Å²) in [5, 5.41) is 11.5. The van der Waals surface area contributed by atoms with Gasteiger partial charge < -0.3 is 24.5 Å². The first kappa shape index (κ1) is 22.9. The molecule has 180 valence electrons. The number of hydrogen-bond donors (Lipinski definition) is 2. The van der Waals surface area contributed by atoms with Gasteiger partial charge in [-0.2, -0.15) is 0 Å². The number of aromatic nitrogens is 1. The predicted octanol–water partition coefficient (Wildman–Crippen LogP) is 3.23. The minimum atomic E-state index is -0.413. The van der Waals surface area contributed by atoms with E-state index in [0.29, 0.717) is 6.54 Å². The van der Waals surface area contributed by atoms with E-state index in [9.17, 15) is 9.90 Å². The summed E-state index contributed by atoms with van der Waals surface area (Å²) < 4.78 is 10.6. The molecule has 3 heterocycles. The van der Waals surface area contributed by atoms with Gasteiger partial charge in [0.05, 0.1) is 19.8 Å². The number of nitrogens with zero attached hydrogens (tertiary/aromatic N) is 2. The second kappa shape index (κ2) is 9.41. The van der Waals surface area contributed by atoms with Crippen molar-refractivity contribution in [3.8, 4) is 5.75 Å². The summed E-state index contributed by atoms with van der Waals surface area (Å²) >= 11 is 0. The Morgan fingerprint density at radius 1 is 1.15 bits per heavy atom. The van der Waals surface area contributed by atoms with E-state index in [1.807, 2.05) is 23.1 Å². The average Bonchev–Trinajstić information content (AvgIpc) is 3.25. The van der Waals surface area contributed by atoms with Crippen molar-refractivity contribution in [2.75, 3.05) is 47.1 Å². The minimum Gasteiger partial charge on any atom is -0.497 e. The van der Waals surface area contributed by atoms with Gasteiger partial charge in [-0.3, -0.25) is 9.69 Å². The van der Waals surface area contributed by atoms with Crippen LogP contribution >= 0.6 is 0 Å². The zero-order chi connectivity index (χ0) is 23.7. The molecule has 2 aromatic carbocycles. The maximum Gasteiger partial charge on any atom is 0.249 e. The topological polar surface area (TPSA) is 78.0 Å². The van der Waals surface area contributed by atoms with Gasteiger partial charge in [-0.1, -0.05) is 30.3 Å². The number of carbonyl (C=O) groups excluding carboxylic acids is 1. The van der Waals surface area contributed by atoms with E-state index in [-0.39, 0.29) is 24.5 Å². The molecule has 1 amide bonds. The van der Waals surface area contributed by atoms with E-state index in [2.05, 4.69) is 40.2 Å². The first-order valence-corrected chi connectivity index (χ1v) is 11.9. The van der Waals surface area contributed by atoms with Crippen molar-refractivity contribution in [2.45, 2.75) is 30.8 Å². The lowest BCUT2D eigenvalue weighted by Gasteiger charge is -2.50. The van der Waals surface area contributed by atoms with Gasteiger partial charge in [-0.05, 0) is 49.2 Å². The van der Waals surface area contributed by atoms with Crippen molar-refractivity contribution >= 4 is 16.8 Å². The van der Waals surface area contributed by atoms with Crippen molar-refractivity contribution in [3.05, 3.63) is 65.4 Å². The highest BCUT2D eigenvalue weighted by molar-refractivity contribution is 5.89. The largest absolute Gasteiger partial charge is 0.497 e. The number of H-pyrrole nitrogens is 1. The average molecular weight is 464 g/mol. The molecule has 1 spiro atoms. The normalized spacial score (nSPS) is 20.0. The Morgan fingerprint density at radius 3 is 2.59 bits per heavy atom. The smallest absolute Gasteiger partial charge is 0.249 e. The fourth-order valence-electron chi connectivity index (χ4n) is 5.86. The van der Waals surface area contributed by atoms with E-state index < -0.39 is 6.04 Å². The van der Waals surface area contributed by atoms with E-state index in [4.69, 9.17) is 9.47 Å². The van der Waals surface area contributed by atoms with Crippen molar-refractivity contribution in [3.63, 3.8) is 0 Å². The first-order chi connectivity index (χ1) is 16.6. The molecule has 3 aromatic rings. The zero-order valence-corrected chi connectivity index (χ0v) is 19.9. The Kier molecular flexibility index (Phi) is 6.34. The maximum absolute atomic E-state index is 13.1. The number of methoxy groups -OCH3 is 2. The fraction of sp³-hybridized carbons (Fsp3) is 0.444. The number of benzene rings is 2. The van der Waals surface area contributed by atoms with Gasteiger partial charge in [-0.15, -0.1) is 0 Å². The zero-order valence-electron chi connectivity index (χ0n) is 19.9. The summed E-state index contributed by atoms with van der Waals surface area (Å²) in [7, 11) is 3.20. The van der Waals surface area contributed by atoms with Crippen LogP contribution in [-0.2, 0) is 21.5 Å². The highest BCUT2D eigenvalue weighted by atomic mass is 16.5. The molecule has 0 bridgehead atoms. The molecule has 5 rings (SSSR count). The van der Waals surface area contributed by atoms with Crippen LogP contribution in [0.15, 0.2) is 48.5 Å². The molecular weight excluding hydrogens is 430 g/mol. The molecule has 1 fully saturated rings. The van der Waals surface area contributed by atoms with Crippen LogP contribution in [0.4, 0.5) is 0 Å². The summed E-state index contributed by atoms with van der Waals surface area (Å²) in [6.45, 7) is 3.30. The van der Waals surface area contributed by atoms with E-state index in [0.717, 1.165) is 54.8 Å². The lowest BCUT2D eigenvalue weighted by Crippen LogP contribution is -2.55. The maximum atomic E-state index is 13.1. The number of rotatable bonds is 6. The van der Waals surface area contributed by atoms with E-state index >= 15 is 0 Å². The molecular formula is C27H33N3O4. The molecule has 2 aliphatic rings. The number of nitrogens with one attached hydrogen (secondary N) is 1. The standard InChI is InChI=1S/C27H33N3O4/c1-33-17-24(32)30-18-27(10-12-29(13-11-27)15-19-6-4-3-5-7-19)25-21-9-8-20(34-2)14-22(21)28-26(25)23(30)16-31/h3-9,14,23,28,31H,10-13,15-18H2,1-2H3/t23-/m1/s1. The molecule has 34 heavy (non-hydrogen) atoms. The van der Waals surface area contributed by atoms with Crippen LogP contribution in [0.5, 0.6) is 5.75 Å². The van der Waals surface area contributed by atoms with Crippen LogP contribution in [0, 0.1) is 0 Å². The molecule has 0 radical (unpaired) electrons. The van der Waals surface area contributed by atoms with Crippen molar-refractivity contribution in [1.82, 2.24) is 14.8 Å². The second-order valence-electron chi connectivity index (χ2n) is 9.52. The molecule has 1 atom stereocenters. The highest BCUT2D eigenvalue weighted by Crippen LogP contribution is 2.49. The number of aromatic amines is 1. The molecule has 0 aliphatic carbocycles. The molecule has 0 unspecified atom stereocenters. The fourth-order valence-corrected chi connectivity index (χ4v) is 5.86. The van der Waals surface area contributed by atoms with Gasteiger partial charge in [0, 0.05) is 48.3 Å². The Bertz CT molecular complexity index is 1150. The highest BCUT2D eigenvalue weighted by Gasteiger charge is 2.48. The predicted molar refractivity (Wildman–Crippen MR) is 131 cm³/mol. The number of fused-ring (bicyclic) bond motifs is 4. The lowest BCUT2D eigenvalue weighted by atomic mass is 9.68. The van der Waals surface area contributed by atoms with Gasteiger partial charge in [-0.25, -0.2) is 0 Å². The minimum absolute atomic E-state index is 0.0100. The third-order valence-electron chi connectivity index (χ3n) is 7.57. The number of piperidine rings is 1. The van der Waals surface area contributed by atoms with Gasteiger partial charge in [0.2, 0.25) is 5.91 Å². The SMILES string of the molecule is COCC(=O)N1CC2(CCN(Cc3ccccc3)CC2)c2c([nH]c3cc(OC)ccc23)[C@H]1CO. The number of carbonyl (C=O) groups is 1. The van der Waals surface area contributed by atoms with Crippen molar-refractivity contribution in [1.29, 1.82) is 0 Å². The van der Waals surface area contributed by atoms with Crippen LogP contribution in [0.3, 0.4) is 0 Å². The van der Waals surface area contributed by atoms with Crippen LogP contribution < -0.4 is 4.74 Å². The van der Waals surface area contributed by atoms with Gasteiger partial charge in [0.15, 0.2) is 0 Å². The number of ether oxygens (including phenoxy) is 2. The molecule has 1 saturated heterocycles.